The number of hydrogen-bond donors (Lipinski definition) is 0. The van der Waals surface area contributed by atoms with Gasteiger partial charge in [0.05, 0.1) is 5.69 Å². The van der Waals surface area contributed by atoms with Crippen LogP contribution in [0.4, 0.5) is 4.39 Å². The summed E-state index contributed by atoms with van der Waals surface area (Å²) in [7, 11) is 1.75. The lowest BCUT2D eigenvalue weighted by molar-refractivity contribution is 0.175. The van der Waals surface area contributed by atoms with Crippen molar-refractivity contribution in [1.29, 1.82) is 0 Å². The Morgan fingerprint density at radius 1 is 1.27 bits per heavy atom. The molecule has 1 aliphatic rings. The van der Waals surface area contributed by atoms with Crippen molar-refractivity contribution in [2.75, 3.05) is 13.7 Å². The minimum Gasteiger partial charge on any atom is -0.473 e. The molecule has 0 aliphatic heterocycles. The summed E-state index contributed by atoms with van der Waals surface area (Å²) in [6.45, 7) is 0.939. The topological polar surface area (TPSA) is 31.4 Å². The van der Waals surface area contributed by atoms with E-state index in [2.05, 4.69) is 11.1 Å². The van der Waals surface area contributed by atoms with Crippen molar-refractivity contribution >= 4 is 17.2 Å². The Bertz CT molecular complexity index is 778. The van der Waals surface area contributed by atoms with Crippen molar-refractivity contribution in [2.24, 2.45) is 5.92 Å². The molecule has 1 aromatic carbocycles. The molecule has 0 N–H and O–H groups in total. The first-order valence-electron chi connectivity index (χ1n) is 8.88. The molecule has 1 unspecified atom stereocenters. The summed E-state index contributed by atoms with van der Waals surface area (Å²) in [6.07, 6.45) is 6.59. The van der Waals surface area contributed by atoms with E-state index in [1.807, 2.05) is 12.1 Å². The van der Waals surface area contributed by atoms with E-state index < -0.39 is 0 Å². The van der Waals surface area contributed by atoms with Gasteiger partial charge in [-0.2, -0.15) is 0 Å². The molecule has 0 spiro atoms. The summed E-state index contributed by atoms with van der Waals surface area (Å²) in [4.78, 5) is 4.58. The van der Waals surface area contributed by atoms with Crippen molar-refractivity contribution in [1.82, 2.24) is 4.98 Å². The summed E-state index contributed by atoms with van der Waals surface area (Å²) < 4.78 is 24.7. The van der Waals surface area contributed by atoms with E-state index >= 15 is 0 Å². The maximum absolute atomic E-state index is 13.8. The molecule has 0 fully saturated rings. The van der Waals surface area contributed by atoms with E-state index in [9.17, 15) is 4.39 Å². The van der Waals surface area contributed by atoms with E-state index in [4.69, 9.17) is 21.1 Å². The van der Waals surface area contributed by atoms with E-state index in [1.165, 1.54) is 11.6 Å². The summed E-state index contributed by atoms with van der Waals surface area (Å²) >= 11 is 5.77. The lowest BCUT2D eigenvalue weighted by atomic mass is 9.86. The fraction of sp³-hybridized carbons (Fsp3) is 0.381. The molecule has 0 saturated heterocycles. The van der Waals surface area contributed by atoms with Gasteiger partial charge in [-0.15, -0.1) is 0 Å². The second kappa shape index (κ2) is 9.15. The number of benzene rings is 1. The van der Waals surface area contributed by atoms with Gasteiger partial charge in [0.25, 0.3) is 0 Å². The molecule has 3 rings (SSSR count). The molecule has 1 atom stereocenters. The Balaban J connectivity index is 1.62. The Hall–Kier alpha value is -1.91. The Morgan fingerprint density at radius 3 is 2.88 bits per heavy atom. The third-order valence-corrected chi connectivity index (χ3v) is 4.93. The SMILES string of the molecule is COCCC1CC=C(c2cccc(OCc3ccc(Cl)cc3F)n2)CC1. The van der Waals surface area contributed by atoms with Crippen molar-refractivity contribution in [3.63, 3.8) is 0 Å². The molecule has 1 aromatic heterocycles. The van der Waals surface area contributed by atoms with Crippen molar-refractivity contribution in [3.8, 4) is 5.88 Å². The zero-order chi connectivity index (χ0) is 18.4. The molecule has 1 aliphatic carbocycles. The second-order valence-electron chi connectivity index (χ2n) is 6.54. The van der Waals surface area contributed by atoms with Gasteiger partial charge in [0.1, 0.15) is 12.4 Å². The number of nitrogens with zero attached hydrogens (tertiary/aromatic N) is 1. The smallest absolute Gasteiger partial charge is 0.214 e. The maximum Gasteiger partial charge on any atom is 0.214 e. The van der Waals surface area contributed by atoms with Gasteiger partial charge >= 0.3 is 0 Å². The van der Waals surface area contributed by atoms with Gasteiger partial charge in [0, 0.05) is 30.4 Å². The van der Waals surface area contributed by atoms with E-state index in [0.29, 0.717) is 22.4 Å². The first kappa shape index (κ1) is 18.9. The highest BCUT2D eigenvalue weighted by atomic mass is 35.5. The first-order valence-corrected chi connectivity index (χ1v) is 9.25. The van der Waals surface area contributed by atoms with Crippen molar-refractivity contribution in [2.45, 2.75) is 32.3 Å². The van der Waals surface area contributed by atoms with Crippen LogP contribution in [0, 0.1) is 11.7 Å². The average molecular weight is 376 g/mol. The van der Waals surface area contributed by atoms with Crippen LogP contribution >= 0.6 is 11.6 Å². The van der Waals surface area contributed by atoms with Gasteiger partial charge in [-0.1, -0.05) is 29.8 Å². The van der Waals surface area contributed by atoms with E-state index in [0.717, 1.165) is 38.0 Å². The molecule has 26 heavy (non-hydrogen) atoms. The lowest BCUT2D eigenvalue weighted by Crippen LogP contribution is -2.09. The van der Waals surface area contributed by atoms with E-state index in [-0.39, 0.29) is 12.4 Å². The quantitative estimate of drug-likeness (QED) is 0.624. The molecule has 138 valence electrons. The van der Waals surface area contributed by atoms with Crippen LogP contribution in [0.2, 0.25) is 5.02 Å². The number of allylic oxidation sites excluding steroid dienone is 2. The number of ether oxygens (including phenoxy) is 2. The molecule has 5 heteroatoms. The third kappa shape index (κ3) is 5.05. The van der Waals surface area contributed by atoms with Crippen LogP contribution in [0.25, 0.3) is 5.57 Å². The minimum atomic E-state index is -0.370. The minimum absolute atomic E-state index is 0.123. The zero-order valence-electron chi connectivity index (χ0n) is 14.9. The van der Waals surface area contributed by atoms with Crippen LogP contribution in [-0.2, 0) is 11.3 Å². The maximum atomic E-state index is 13.8. The molecule has 0 radical (unpaired) electrons. The highest BCUT2D eigenvalue weighted by molar-refractivity contribution is 6.30. The van der Waals surface area contributed by atoms with Crippen LogP contribution < -0.4 is 4.74 Å². The average Bonchev–Trinajstić information content (AvgIpc) is 2.66. The second-order valence-corrected chi connectivity index (χ2v) is 6.97. The molecule has 0 saturated carbocycles. The van der Waals surface area contributed by atoms with Crippen LogP contribution in [0.5, 0.6) is 5.88 Å². The molecule has 0 amide bonds. The summed E-state index contributed by atoms with van der Waals surface area (Å²) in [5.74, 6) is 0.816. The molecule has 0 bridgehead atoms. The largest absolute Gasteiger partial charge is 0.473 e. The number of aromatic nitrogens is 1. The zero-order valence-corrected chi connectivity index (χ0v) is 15.6. The normalized spacial score (nSPS) is 17.0. The molecular formula is C21H23ClFNO2. The monoisotopic (exact) mass is 375 g/mol. The van der Waals surface area contributed by atoms with Crippen molar-refractivity contribution < 1.29 is 13.9 Å². The van der Waals surface area contributed by atoms with Crippen LogP contribution in [0.15, 0.2) is 42.5 Å². The van der Waals surface area contributed by atoms with Gasteiger partial charge in [0.15, 0.2) is 0 Å². The lowest BCUT2D eigenvalue weighted by Gasteiger charge is -2.21. The number of hydrogen-bond acceptors (Lipinski definition) is 3. The summed E-state index contributed by atoms with van der Waals surface area (Å²) in [6, 6.07) is 10.3. The summed E-state index contributed by atoms with van der Waals surface area (Å²) in [5, 5.41) is 0.374. The molecule has 1 heterocycles. The predicted molar refractivity (Wildman–Crippen MR) is 102 cm³/mol. The molecule has 3 nitrogen and oxygen atoms in total. The van der Waals surface area contributed by atoms with Gasteiger partial charge in [0.2, 0.25) is 5.88 Å². The number of pyridine rings is 1. The van der Waals surface area contributed by atoms with Gasteiger partial charge < -0.3 is 9.47 Å². The summed E-state index contributed by atoms with van der Waals surface area (Å²) in [5.41, 5.74) is 2.64. The van der Waals surface area contributed by atoms with Crippen LogP contribution in [-0.4, -0.2) is 18.7 Å². The van der Waals surface area contributed by atoms with Crippen LogP contribution in [0.3, 0.4) is 0 Å². The Kier molecular flexibility index (Phi) is 6.64. The van der Waals surface area contributed by atoms with Gasteiger partial charge in [-0.25, -0.2) is 9.37 Å². The van der Waals surface area contributed by atoms with Crippen LogP contribution in [0.1, 0.15) is 36.9 Å². The predicted octanol–water partition coefficient (Wildman–Crippen LogP) is 5.67. The standard InChI is InChI=1S/C21H23ClFNO2/c1-25-12-11-15-5-7-16(8-6-15)20-3-2-4-21(24-20)26-14-17-9-10-18(22)13-19(17)23/h2-4,7,9-10,13,15H,5-6,8,11-12,14H2,1H3. The number of halogens is 2. The third-order valence-electron chi connectivity index (χ3n) is 4.69. The highest BCUT2D eigenvalue weighted by Gasteiger charge is 2.16. The number of methoxy groups -OCH3 is 1. The Morgan fingerprint density at radius 2 is 2.15 bits per heavy atom. The fourth-order valence-corrected chi connectivity index (χ4v) is 3.29. The highest BCUT2D eigenvalue weighted by Crippen LogP contribution is 2.31. The Labute approximate surface area is 158 Å². The fourth-order valence-electron chi connectivity index (χ4n) is 3.13. The number of rotatable bonds is 7. The van der Waals surface area contributed by atoms with Crippen molar-refractivity contribution in [3.05, 3.63) is 64.6 Å². The van der Waals surface area contributed by atoms with Gasteiger partial charge in [-0.3, -0.25) is 0 Å². The van der Waals surface area contributed by atoms with E-state index in [1.54, 1.807) is 25.3 Å². The first-order chi connectivity index (χ1) is 12.7. The van der Waals surface area contributed by atoms with Gasteiger partial charge in [-0.05, 0) is 55.4 Å². The molecular weight excluding hydrogens is 353 g/mol. The molecule has 2 aromatic rings.